The number of aromatic amines is 1. The Morgan fingerprint density at radius 3 is 2.83 bits per heavy atom. The number of carbonyl (C=O) groups excluding carboxylic acids is 1. The van der Waals surface area contributed by atoms with Gasteiger partial charge in [-0.2, -0.15) is 11.8 Å². The first-order valence-corrected chi connectivity index (χ1v) is 9.17. The number of amides is 1. The molecule has 126 valence electrons. The van der Waals surface area contributed by atoms with Crippen LogP contribution in [-0.2, 0) is 0 Å². The Balaban J connectivity index is 1.87. The van der Waals surface area contributed by atoms with Gasteiger partial charge in [-0.1, -0.05) is 17.3 Å². The molecule has 0 saturated heterocycles. The summed E-state index contributed by atoms with van der Waals surface area (Å²) in [4.78, 5) is 20.6. The van der Waals surface area contributed by atoms with Crippen LogP contribution in [0.4, 0.5) is 0 Å². The summed E-state index contributed by atoms with van der Waals surface area (Å²) < 4.78 is 5.09. The number of thioether (sulfide) groups is 1. The van der Waals surface area contributed by atoms with Gasteiger partial charge in [0.2, 0.25) is 0 Å². The van der Waals surface area contributed by atoms with Crippen LogP contribution in [0.2, 0.25) is 0 Å². The van der Waals surface area contributed by atoms with E-state index in [-0.39, 0.29) is 11.9 Å². The van der Waals surface area contributed by atoms with E-state index >= 15 is 0 Å². The topological polar surface area (TPSA) is 83.8 Å². The molecule has 2 heterocycles. The molecule has 0 radical (unpaired) electrons. The van der Waals surface area contributed by atoms with Crippen LogP contribution >= 0.6 is 11.8 Å². The van der Waals surface area contributed by atoms with Crippen LogP contribution in [0.3, 0.4) is 0 Å². The zero-order valence-corrected chi connectivity index (χ0v) is 14.7. The van der Waals surface area contributed by atoms with Crippen molar-refractivity contribution in [3.05, 3.63) is 47.1 Å². The number of carbonyl (C=O) groups is 1. The number of rotatable bonds is 6. The van der Waals surface area contributed by atoms with Crippen LogP contribution < -0.4 is 5.32 Å². The average molecular weight is 344 g/mol. The van der Waals surface area contributed by atoms with Crippen molar-refractivity contribution in [2.45, 2.75) is 26.3 Å². The molecule has 1 atom stereocenters. The Morgan fingerprint density at radius 1 is 1.38 bits per heavy atom. The van der Waals surface area contributed by atoms with Crippen molar-refractivity contribution in [2.75, 3.05) is 12.0 Å². The molecule has 0 saturated carbocycles. The molecule has 2 N–H and O–H groups in total. The number of nitrogens with one attached hydrogen (secondary N) is 2. The Kier molecular flexibility index (Phi) is 4.89. The summed E-state index contributed by atoms with van der Waals surface area (Å²) in [6.45, 7) is 3.51. The minimum atomic E-state index is -0.189. The molecule has 0 aliphatic rings. The molecule has 0 aliphatic heterocycles. The summed E-state index contributed by atoms with van der Waals surface area (Å²) in [6, 6.07) is 7.66. The molecule has 2 aromatic heterocycles. The van der Waals surface area contributed by atoms with Crippen LogP contribution in [-0.4, -0.2) is 33.0 Å². The number of hydrogen-bond donors (Lipinski definition) is 2. The van der Waals surface area contributed by atoms with Crippen molar-refractivity contribution < 1.29 is 9.32 Å². The summed E-state index contributed by atoms with van der Waals surface area (Å²) in [5.74, 6) is 2.03. The smallest absolute Gasteiger partial charge is 0.257 e. The van der Waals surface area contributed by atoms with Gasteiger partial charge in [-0.3, -0.25) is 4.79 Å². The standard InChI is InChI=1S/C17H20N4O2S/c1-10-15(11(2)23-21-10)17(22)20-14(8-9-24-3)16-18-12-6-4-5-7-13(12)19-16/h4-7,14H,8-9H2,1-3H3,(H,18,19)(H,20,22). The summed E-state index contributed by atoms with van der Waals surface area (Å²) in [5.41, 5.74) is 2.96. The van der Waals surface area contributed by atoms with Gasteiger partial charge in [0.1, 0.15) is 17.1 Å². The Bertz CT molecular complexity index is 803. The molecule has 0 fully saturated rings. The highest BCUT2D eigenvalue weighted by atomic mass is 32.2. The molecule has 3 rings (SSSR count). The molecule has 1 unspecified atom stereocenters. The first-order valence-electron chi connectivity index (χ1n) is 7.77. The summed E-state index contributed by atoms with van der Waals surface area (Å²) in [6.07, 6.45) is 2.84. The maximum absolute atomic E-state index is 12.6. The third-order valence-electron chi connectivity index (χ3n) is 3.91. The lowest BCUT2D eigenvalue weighted by Crippen LogP contribution is -2.30. The molecular weight excluding hydrogens is 324 g/mol. The van der Waals surface area contributed by atoms with E-state index in [0.29, 0.717) is 17.0 Å². The molecule has 1 aromatic carbocycles. The van der Waals surface area contributed by atoms with Gasteiger partial charge in [-0.25, -0.2) is 4.98 Å². The Morgan fingerprint density at radius 2 is 2.17 bits per heavy atom. The number of fused-ring (bicyclic) bond motifs is 1. The number of para-hydroxylation sites is 2. The average Bonchev–Trinajstić information content (AvgIpc) is 3.14. The fourth-order valence-electron chi connectivity index (χ4n) is 2.69. The largest absolute Gasteiger partial charge is 0.361 e. The fraction of sp³-hybridized carbons (Fsp3) is 0.353. The van der Waals surface area contributed by atoms with E-state index in [0.717, 1.165) is 29.0 Å². The van der Waals surface area contributed by atoms with Crippen molar-refractivity contribution in [1.82, 2.24) is 20.4 Å². The maximum atomic E-state index is 12.6. The quantitative estimate of drug-likeness (QED) is 0.716. The van der Waals surface area contributed by atoms with E-state index < -0.39 is 0 Å². The number of nitrogens with zero attached hydrogens (tertiary/aromatic N) is 2. The number of aromatic nitrogens is 3. The lowest BCUT2D eigenvalue weighted by Gasteiger charge is -2.16. The van der Waals surface area contributed by atoms with Gasteiger partial charge in [0.25, 0.3) is 5.91 Å². The van der Waals surface area contributed by atoms with Crippen LogP contribution in [0.5, 0.6) is 0 Å². The number of hydrogen-bond acceptors (Lipinski definition) is 5. The van der Waals surface area contributed by atoms with Gasteiger partial charge in [-0.15, -0.1) is 0 Å². The highest BCUT2D eigenvalue weighted by Crippen LogP contribution is 2.21. The van der Waals surface area contributed by atoms with Gasteiger partial charge in [0.15, 0.2) is 0 Å². The van der Waals surface area contributed by atoms with Crippen molar-refractivity contribution >= 4 is 28.7 Å². The van der Waals surface area contributed by atoms with Crippen LogP contribution in [0.1, 0.15) is 40.1 Å². The van der Waals surface area contributed by atoms with E-state index in [1.54, 1.807) is 25.6 Å². The van der Waals surface area contributed by atoms with Crippen LogP contribution in [0.25, 0.3) is 11.0 Å². The minimum absolute atomic E-state index is 0.183. The monoisotopic (exact) mass is 344 g/mol. The van der Waals surface area contributed by atoms with Gasteiger partial charge in [0, 0.05) is 0 Å². The van der Waals surface area contributed by atoms with Gasteiger partial charge in [-0.05, 0) is 44.4 Å². The maximum Gasteiger partial charge on any atom is 0.257 e. The second kappa shape index (κ2) is 7.09. The van der Waals surface area contributed by atoms with Gasteiger partial charge in [0.05, 0.1) is 22.8 Å². The number of aryl methyl sites for hydroxylation is 2. The lowest BCUT2D eigenvalue weighted by atomic mass is 10.1. The third-order valence-corrected chi connectivity index (χ3v) is 4.56. The molecule has 0 spiro atoms. The Labute approximate surface area is 144 Å². The number of benzene rings is 1. The van der Waals surface area contributed by atoms with Crippen LogP contribution in [0, 0.1) is 13.8 Å². The normalized spacial score (nSPS) is 12.5. The van der Waals surface area contributed by atoms with E-state index in [4.69, 9.17) is 4.52 Å². The molecule has 6 nitrogen and oxygen atoms in total. The van der Waals surface area contributed by atoms with E-state index in [2.05, 4.69) is 20.4 Å². The second-order valence-electron chi connectivity index (χ2n) is 5.65. The summed E-state index contributed by atoms with van der Waals surface area (Å²) >= 11 is 1.74. The molecule has 0 bridgehead atoms. The van der Waals surface area contributed by atoms with E-state index in [9.17, 15) is 4.79 Å². The van der Waals surface area contributed by atoms with Crippen LogP contribution in [0.15, 0.2) is 28.8 Å². The SMILES string of the molecule is CSCCC(NC(=O)c1c(C)noc1C)c1nc2ccccc2[nH]1. The molecular formula is C17H20N4O2S. The second-order valence-corrected chi connectivity index (χ2v) is 6.63. The van der Waals surface area contributed by atoms with Crippen molar-refractivity contribution in [3.8, 4) is 0 Å². The Hall–Kier alpha value is -2.28. The first-order chi connectivity index (χ1) is 11.6. The molecule has 7 heteroatoms. The molecule has 3 aromatic rings. The van der Waals surface area contributed by atoms with E-state index in [1.165, 1.54) is 0 Å². The predicted molar refractivity (Wildman–Crippen MR) is 95.3 cm³/mol. The zero-order chi connectivity index (χ0) is 17.1. The van der Waals surface area contributed by atoms with Gasteiger partial charge < -0.3 is 14.8 Å². The van der Waals surface area contributed by atoms with Gasteiger partial charge >= 0.3 is 0 Å². The molecule has 1 amide bonds. The predicted octanol–water partition coefficient (Wildman–Crippen LogP) is 3.39. The van der Waals surface area contributed by atoms with Crippen molar-refractivity contribution in [1.29, 1.82) is 0 Å². The lowest BCUT2D eigenvalue weighted by molar-refractivity contribution is 0.0932. The highest BCUT2D eigenvalue weighted by Gasteiger charge is 2.23. The number of H-pyrrole nitrogens is 1. The highest BCUT2D eigenvalue weighted by molar-refractivity contribution is 7.98. The summed E-state index contributed by atoms with van der Waals surface area (Å²) in [5, 5.41) is 6.92. The number of imidazole rings is 1. The third kappa shape index (κ3) is 3.31. The molecule has 24 heavy (non-hydrogen) atoms. The fourth-order valence-corrected chi connectivity index (χ4v) is 3.16. The van der Waals surface area contributed by atoms with E-state index in [1.807, 2.05) is 30.5 Å². The molecule has 0 aliphatic carbocycles. The van der Waals surface area contributed by atoms with Crippen molar-refractivity contribution in [2.24, 2.45) is 0 Å². The summed E-state index contributed by atoms with van der Waals surface area (Å²) in [7, 11) is 0. The minimum Gasteiger partial charge on any atom is -0.361 e. The zero-order valence-electron chi connectivity index (χ0n) is 13.9. The first kappa shape index (κ1) is 16.6. The van der Waals surface area contributed by atoms with Crippen molar-refractivity contribution in [3.63, 3.8) is 0 Å².